The number of hydrogen-bond acceptors (Lipinski definition) is 4. The summed E-state index contributed by atoms with van der Waals surface area (Å²) in [6, 6.07) is 0. The molecule has 6 heteroatoms. The van der Waals surface area contributed by atoms with Gasteiger partial charge in [0.1, 0.15) is 0 Å². The molecule has 66 valence electrons. The van der Waals surface area contributed by atoms with Crippen molar-refractivity contribution in [2.24, 2.45) is 11.3 Å². The molecule has 0 spiro atoms. The van der Waals surface area contributed by atoms with Gasteiger partial charge in [-0.3, -0.25) is 14.9 Å². The molecule has 1 aliphatic heterocycles. The SMILES string of the molecule is CC1(C)COP(=O)(NN)OC1. The summed E-state index contributed by atoms with van der Waals surface area (Å²) in [6.45, 7) is 4.73. The molecule has 0 aliphatic carbocycles. The highest BCUT2D eigenvalue weighted by molar-refractivity contribution is 7.51. The van der Waals surface area contributed by atoms with Crippen molar-refractivity contribution in [1.29, 1.82) is 0 Å². The van der Waals surface area contributed by atoms with Gasteiger partial charge in [-0.1, -0.05) is 13.8 Å². The molecule has 1 aliphatic rings. The molecule has 0 aromatic carbocycles. The number of rotatable bonds is 1. The van der Waals surface area contributed by atoms with Gasteiger partial charge >= 0.3 is 7.75 Å². The highest BCUT2D eigenvalue weighted by Gasteiger charge is 2.35. The Balaban J connectivity index is 2.55. The van der Waals surface area contributed by atoms with Gasteiger partial charge in [-0.25, -0.2) is 4.57 Å². The van der Waals surface area contributed by atoms with Crippen molar-refractivity contribution in [3.8, 4) is 0 Å². The summed E-state index contributed by atoms with van der Waals surface area (Å²) in [5, 5.41) is 2.03. The zero-order valence-corrected chi connectivity index (χ0v) is 7.56. The summed E-state index contributed by atoms with van der Waals surface area (Å²) in [6.07, 6.45) is 0. The van der Waals surface area contributed by atoms with Crippen LogP contribution < -0.4 is 11.0 Å². The van der Waals surface area contributed by atoms with E-state index in [1.807, 2.05) is 19.0 Å². The molecule has 0 aromatic heterocycles. The first kappa shape index (κ1) is 9.16. The lowest BCUT2D eigenvalue weighted by Crippen LogP contribution is -2.34. The molecule has 1 saturated heterocycles. The van der Waals surface area contributed by atoms with E-state index < -0.39 is 7.75 Å². The molecule has 0 unspecified atom stereocenters. The van der Waals surface area contributed by atoms with E-state index in [-0.39, 0.29) is 5.41 Å². The van der Waals surface area contributed by atoms with Gasteiger partial charge in [0.05, 0.1) is 13.2 Å². The monoisotopic (exact) mass is 180 g/mol. The third-order valence-corrected chi connectivity index (χ3v) is 2.66. The van der Waals surface area contributed by atoms with Crippen LogP contribution in [0, 0.1) is 5.41 Å². The standard InChI is InChI=1S/C5H13N2O3P/c1-5(2)3-9-11(8,7-6)10-4-5/h3-4,6H2,1-2H3,(H,7,8). The van der Waals surface area contributed by atoms with Crippen LogP contribution in [0.3, 0.4) is 0 Å². The van der Waals surface area contributed by atoms with E-state index in [4.69, 9.17) is 14.9 Å². The molecule has 0 atom stereocenters. The van der Waals surface area contributed by atoms with Gasteiger partial charge in [-0.2, -0.15) is 5.20 Å². The molecule has 0 amide bonds. The van der Waals surface area contributed by atoms with Gasteiger partial charge in [-0.05, 0) is 0 Å². The van der Waals surface area contributed by atoms with Crippen LogP contribution in [-0.2, 0) is 13.6 Å². The zero-order chi connectivity index (χ0) is 8.54. The Morgan fingerprint density at radius 3 is 2.27 bits per heavy atom. The molecular weight excluding hydrogens is 167 g/mol. The second-order valence-electron chi connectivity index (χ2n) is 3.34. The maximum Gasteiger partial charge on any atom is 0.418 e. The number of hydrogen-bond donors (Lipinski definition) is 2. The van der Waals surface area contributed by atoms with Crippen LogP contribution in [0.1, 0.15) is 13.8 Å². The minimum Gasteiger partial charge on any atom is -0.295 e. The fraction of sp³-hybridized carbons (Fsp3) is 1.00. The lowest BCUT2D eigenvalue weighted by molar-refractivity contribution is 0.0372. The third-order valence-electron chi connectivity index (χ3n) is 1.41. The highest BCUT2D eigenvalue weighted by Crippen LogP contribution is 2.48. The summed E-state index contributed by atoms with van der Waals surface area (Å²) in [7, 11) is -3.15. The van der Waals surface area contributed by atoms with E-state index in [2.05, 4.69) is 0 Å². The van der Waals surface area contributed by atoms with Crippen LogP contribution in [-0.4, -0.2) is 13.2 Å². The van der Waals surface area contributed by atoms with Gasteiger partial charge in [0, 0.05) is 5.41 Å². The fourth-order valence-electron chi connectivity index (χ4n) is 0.673. The Morgan fingerprint density at radius 2 is 1.91 bits per heavy atom. The predicted octanol–water partition coefficient (Wildman–Crippen LogP) is 0.631. The van der Waals surface area contributed by atoms with Crippen molar-refractivity contribution in [1.82, 2.24) is 5.20 Å². The molecule has 0 bridgehead atoms. The first-order chi connectivity index (χ1) is 4.97. The summed E-state index contributed by atoms with van der Waals surface area (Å²) in [5.74, 6) is 4.96. The van der Waals surface area contributed by atoms with E-state index >= 15 is 0 Å². The Kier molecular flexibility index (Phi) is 2.37. The van der Waals surface area contributed by atoms with Crippen molar-refractivity contribution in [2.75, 3.05) is 13.2 Å². The van der Waals surface area contributed by atoms with Gasteiger partial charge in [0.15, 0.2) is 0 Å². The van der Waals surface area contributed by atoms with E-state index in [1.54, 1.807) is 0 Å². The topological polar surface area (TPSA) is 73.6 Å². The molecule has 1 rings (SSSR count). The number of nitrogens with two attached hydrogens (primary N) is 1. The van der Waals surface area contributed by atoms with Crippen LogP contribution >= 0.6 is 7.75 Å². The molecule has 0 aromatic rings. The molecule has 1 fully saturated rings. The van der Waals surface area contributed by atoms with E-state index in [1.165, 1.54) is 0 Å². The predicted molar refractivity (Wildman–Crippen MR) is 40.6 cm³/mol. The molecule has 1 heterocycles. The van der Waals surface area contributed by atoms with Crippen molar-refractivity contribution in [2.45, 2.75) is 13.8 Å². The van der Waals surface area contributed by atoms with Crippen LogP contribution in [0.4, 0.5) is 0 Å². The molecule has 5 nitrogen and oxygen atoms in total. The first-order valence-electron chi connectivity index (χ1n) is 3.34. The summed E-state index contributed by atoms with van der Waals surface area (Å²) in [5.41, 5.74) is -0.0786. The van der Waals surface area contributed by atoms with Crippen LogP contribution in [0.5, 0.6) is 0 Å². The van der Waals surface area contributed by atoms with Gasteiger partial charge in [0.25, 0.3) is 0 Å². The third kappa shape index (κ3) is 2.25. The maximum absolute atomic E-state index is 11.2. The summed E-state index contributed by atoms with van der Waals surface area (Å²) >= 11 is 0. The van der Waals surface area contributed by atoms with Crippen molar-refractivity contribution in [3.05, 3.63) is 0 Å². The zero-order valence-electron chi connectivity index (χ0n) is 6.66. The molecule has 0 saturated carbocycles. The van der Waals surface area contributed by atoms with Gasteiger partial charge < -0.3 is 0 Å². The average Bonchev–Trinajstić information content (AvgIpc) is 1.97. The van der Waals surface area contributed by atoms with Crippen LogP contribution in [0.2, 0.25) is 0 Å². The second-order valence-corrected chi connectivity index (χ2v) is 5.11. The normalized spacial score (nSPS) is 28.3. The Bertz CT molecular complexity index is 180. The average molecular weight is 180 g/mol. The minimum atomic E-state index is -3.15. The van der Waals surface area contributed by atoms with E-state index in [0.29, 0.717) is 13.2 Å². The highest BCUT2D eigenvalue weighted by atomic mass is 31.2. The van der Waals surface area contributed by atoms with Crippen LogP contribution in [0.25, 0.3) is 0 Å². The Morgan fingerprint density at radius 1 is 1.45 bits per heavy atom. The van der Waals surface area contributed by atoms with E-state index in [9.17, 15) is 4.57 Å². The Hall–Kier alpha value is 0.0700. The van der Waals surface area contributed by atoms with Gasteiger partial charge in [0.2, 0.25) is 0 Å². The maximum atomic E-state index is 11.2. The lowest BCUT2D eigenvalue weighted by Gasteiger charge is -2.32. The number of nitrogens with one attached hydrogen (secondary N) is 1. The molecule has 11 heavy (non-hydrogen) atoms. The molecular formula is C5H13N2O3P. The summed E-state index contributed by atoms with van der Waals surface area (Å²) < 4.78 is 21.1. The van der Waals surface area contributed by atoms with Crippen molar-refractivity contribution < 1.29 is 13.6 Å². The second kappa shape index (κ2) is 2.84. The number of hydrazine groups is 1. The minimum absolute atomic E-state index is 0.0786. The van der Waals surface area contributed by atoms with E-state index in [0.717, 1.165) is 0 Å². The first-order valence-corrected chi connectivity index (χ1v) is 4.89. The Labute approximate surface area is 65.8 Å². The fourth-order valence-corrected chi connectivity index (χ4v) is 1.94. The van der Waals surface area contributed by atoms with Gasteiger partial charge in [-0.15, -0.1) is 0 Å². The largest absolute Gasteiger partial charge is 0.418 e. The van der Waals surface area contributed by atoms with Crippen molar-refractivity contribution in [3.63, 3.8) is 0 Å². The molecule has 3 N–H and O–H groups in total. The van der Waals surface area contributed by atoms with Crippen LogP contribution in [0.15, 0.2) is 0 Å². The van der Waals surface area contributed by atoms with Crippen molar-refractivity contribution >= 4 is 7.75 Å². The quantitative estimate of drug-likeness (QED) is 0.351. The molecule has 0 radical (unpaired) electrons. The summed E-state index contributed by atoms with van der Waals surface area (Å²) in [4.78, 5) is 0. The lowest BCUT2D eigenvalue weighted by atomic mass is 9.97. The smallest absolute Gasteiger partial charge is 0.295 e.